The molecule has 0 amide bonds. The van der Waals surface area contributed by atoms with E-state index in [0.29, 0.717) is 6.54 Å². The molecule has 0 aliphatic rings. The molecule has 4 heteroatoms. The third kappa shape index (κ3) is 3.10. The zero-order valence-electron chi connectivity index (χ0n) is 10.3. The Morgan fingerprint density at radius 3 is 2.81 bits per heavy atom. The Morgan fingerprint density at radius 2 is 2.25 bits per heavy atom. The number of carbonyl (C=O) groups is 1. The number of hydrogen-bond donors (Lipinski definition) is 1. The number of furan rings is 1. The first kappa shape index (κ1) is 12.8. The summed E-state index contributed by atoms with van der Waals surface area (Å²) in [6.07, 6.45) is 2.51. The number of ether oxygens (including phenoxy) is 1. The average Bonchev–Trinajstić information content (AvgIpc) is 2.73. The van der Waals surface area contributed by atoms with Crippen LogP contribution in [-0.4, -0.2) is 18.6 Å². The molecule has 0 unspecified atom stereocenters. The summed E-state index contributed by atoms with van der Waals surface area (Å²) >= 11 is 0. The summed E-state index contributed by atoms with van der Waals surface area (Å²) in [6, 6.07) is 1.78. The van der Waals surface area contributed by atoms with Crippen LogP contribution in [0.5, 0.6) is 0 Å². The molecule has 0 fully saturated rings. The van der Waals surface area contributed by atoms with Gasteiger partial charge in [-0.3, -0.25) is 0 Å². The monoisotopic (exact) mass is 225 g/mol. The second-order valence-corrected chi connectivity index (χ2v) is 4.36. The van der Waals surface area contributed by atoms with Gasteiger partial charge in [0.1, 0.15) is 0 Å². The van der Waals surface area contributed by atoms with Gasteiger partial charge in [-0.25, -0.2) is 4.79 Å². The fourth-order valence-corrected chi connectivity index (χ4v) is 1.21. The first-order valence-electron chi connectivity index (χ1n) is 5.40. The Kier molecular flexibility index (Phi) is 4.12. The molecule has 0 spiro atoms. The van der Waals surface area contributed by atoms with Crippen LogP contribution in [0.15, 0.2) is 16.7 Å². The minimum absolute atomic E-state index is 0.0463. The number of hydrogen-bond acceptors (Lipinski definition) is 4. The first-order chi connectivity index (χ1) is 7.50. The molecule has 1 heterocycles. The molecule has 0 bridgehead atoms. The predicted octanol–water partition coefficient (Wildman–Crippen LogP) is 2.34. The normalized spacial score (nSPS) is 11.5. The average molecular weight is 225 g/mol. The quantitative estimate of drug-likeness (QED) is 0.781. The first-order valence-corrected chi connectivity index (χ1v) is 5.40. The van der Waals surface area contributed by atoms with Crippen molar-refractivity contribution in [3.05, 3.63) is 23.7 Å². The minimum atomic E-state index is -0.434. The standard InChI is InChI=1S/C12H19NO3/c1-5-12(2,3)13-8-9-6-7-16-10(9)11(14)15-4/h6-7,13H,5,8H2,1-4H3. The van der Waals surface area contributed by atoms with E-state index in [1.807, 2.05) is 0 Å². The highest BCUT2D eigenvalue weighted by Crippen LogP contribution is 2.14. The number of methoxy groups -OCH3 is 1. The molecule has 0 atom stereocenters. The maximum absolute atomic E-state index is 11.3. The Balaban J connectivity index is 2.68. The molecule has 0 radical (unpaired) electrons. The molecule has 0 aliphatic carbocycles. The van der Waals surface area contributed by atoms with Gasteiger partial charge in [-0.15, -0.1) is 0 Å². The molecule has 1 rings (SSSR count). The maximum atomic E-state index is 11.3. The second-order valence-electron chi connectivity index (χ2n) is 4.36. The SMILES string of the molecule is CCC(C)(C)NCc1ccoc1C(=O)OC. The van der Waals surface area contributed by atoms with Crippen LogP contribution in [-0.2, 0) is 11.3 Å². The third-order valence-corrected chi connectivity index (χ3v) is 2.76. The lowest BCUT2D eigenvalue weighted by atomic mass is 10.0. The highest BCUT2D eigenvalue weighted by Gasteiger charge is 2.19. The highest BCUT2D eigenvalue weighted by atomic mass is 16.5. The number of nitrogens with one attached hydrogen (secondary N) is 1. The van der Waals surface area contributed by atoms with Crippen molar-refractivity contribution in [2.24, 2.45) is 0 Å². The van der Waals surface area contributed by atoms with Gasteiger partial charge in [0.05, 0.1) is 13.4 Å². The zero-order chi connectivity index (χ0) is 12.2. The van der Waals surface area contributed by atoms with Crippen molar-refractivity contribution in [1.29, 1.82) is 0 Å². The molecule has 1 N–H and O–H groups in total. The Morgan fingerprint density at radius 1 is 1.56 bits per heavy atom. The van der Waals surface area contributed by atoms with Crippen molar-refractivity contribution in [2.45, 2.75) is 39.3 Å². The van der Waals surface area contributed by atoms with Crippen LogP contribution < -0.4 is 5.32 Å². The maximum Gasteiger partial charge on any atom is 0.374 e. The van der Waals surface area contributed by atoms with E-state index in [4.69, 9.17) is 4.42 Å². The molecule has 16 heavy (non-hydrogen) atoms. The van der Waals surface area contributed by atoms with Gasteiger partial charge in [-0.1, -0.05) is 6.92 Å². The second kappa shape index (κ2) is 5.16. The van der Waals surface area contributed by atoms with E-state index in [2.05, 4.69) is 30.8 Å². The van der Waals surface area contributed by atoms with E-state index < -0.39 is 5.97 Å². The van der Waals surface area contributed by atoms with Gasteiger partial charge in [0, 0.05) is 17.6 Å². The molecule has 1 aromatic heterocycles. The van der Waals surface area contributed by atoms with Gasteiger partial charge in [-0.05, 0) is 26.3 Å². The Labute approximate surface area is 96.0 Å². The van der Waals surface area contributed by atoms with Gasteiger partial charge >= 0.3 is 5.97 Å². The topological polar surface area (TPSA) is 51.5 Å². The highest BCUT2D eigenvalue weighted by molar-refractivity contribution is 5.87. The van der Waals surface area contributed by atoms with Gasteiger partial charge in [-0.2, -0.15) is 0 Å². The van der Waals surface area contributed by atoms with Gasteiger partial charge in [0.25, 0.3) is 0 Å². The predicted molar refractivity (Wildman–Crippen MR) is 61.3 cm³/mol. The third-order valence-electron chi connectivity index (χ3n) is 2.76. The molecule has 1 aromatic rings. The van der Waals surface area contributed by atoms with Crippen LogP contribution in [0.1, 0.15) is 43.3 Å². The fourth-order valence-electron chi connectivity index (χ4n) is 1.21. The Bertz CT molecular complexity index is 355. The summed E-state index contributed by atoms with van der Waals surface area (Å²) in [7, 11) is 1.35. The smallest absolute Gasteiger partial charge is 0.374 e. The molecule has 90 valence electrons. The minimum Gasteiger partial charge on any atom is -0.463 e. The van der Waals surface area contributed by atoms with Crippen LogP contribution in [0, 0.1) is 0 Å². The molecular weight excluding hydrogens is 206 g/mol. The Hall–Kier alpha value is -1.29. The van der Waals surface area contributed by atoms with Crippen molar-refractivity contribution < 1.29 is 13.9 Å². The van der Waals surface area contributed by atoms with Crippen molar-refractivity contribution >= 4 is 5.97 Å². The summed E-state index contributed by atoms with van der Waals surface area (Å²) in [5, 5.41) is 3.36. The van der Waals surface area contributed by atoms with E-state index in [0.717, 1.165) is 12.0 Å². The fraction of sp³-hybridized carbons (Fsp3) is 0.583. The lowest BCUT2D eigenvalue weighted by Gasteiger charge is -2.24. The summed E-state index contributed by atoms with van der Waals surface area (Å²) in [5.41, 5.74) is 0.873. The van der Waals surface area contributed by atoms with Crippen LogP contribution in [0.2, 0.25) is 0 Å². The van der Waals surface area contributed by atoms with E-state index >= 15 is 0 Å². The van der Waals surface area contributed by atoms with Crippen molar-refractivity contribution in [2.75, 3.05) is 7.11 Å². The van der Waals surface area contributed by atoms with Crippen LogP contribution >= 0.6 is 0 Å². The lowest BCUT2D eigenvalue weighted by molar-refractivity contribution is 0.0563. The number of esters is 1. The molecule has 4 nitrogen and oxygen atoms in total. The molecule has 0 aliphatic heterocycles. The van der Waals surface area contributed by atoms with Gasteiger partial charge in [0.2, 0.25) is 5.76 Å². The van der Waals surface area contributed by atoms with E-state index in [-0.39, 0.29) is 11.3 Å². The van der Waals surface area contributed by atoms with Crippen molar-refractivity contribution in [3.8, 4) is 0 Å². The van der Waals surface area contributed by atoms with Gasteiger partial charge in [0.15, 0.2) is 0 Å². The van der Waals surface area contributed by atoms with Crippen LogP contribution in [0.3, 0.4) is 0 Å². The van der Waals surface area contributed by atoms with E-state index in [1.54, 1.807) is 6.07 Å². The summed E-state index contributed by atoms with van der Waals surface area (Å²) in [5.74, 6) is -0.155. The summed E-state index contributed by atoms with van der Waals surface area (Å²) < 4.78 is 9.73. The largest absolute Gasteiger partial charge is 0.463 e. The lowest BCUT2D eigenvalue weighted by Crippen LogP contribution is -2.38. The van der Waals surface area contributed by atoms with Crippen molar-refractivity contribution in [1.82, 2.24) is 5.32 Å². The van der Waals surface area contributed by atoms with Crippen LogP contribution in [0.25, 0.3) is 0 Å². The summed E-state index contributed by atoms with van der Waals surface area (Å²) in [4.78, 5) is 11.3. The van der Waals surface area contributed by atoms with Gasteiger partial charge < -0.3 is 14.5 Å². The molecular formula is C12H19NO3. The number of rotatable bonds is 5. The summed E-state index contributed by atoms with van der Waals surface area (Å²) in [6.45, 7) is 6.95. The molecule has 0 aromatic carbocycles. The van der Waals surface area contributed by atoms with Crippen molar-refractivity contribution in [3.63, 3.8) is 0 Å². The molecule has 0 saturated heterocycles. The van der Waals surface area contributed by atoms with E-state index in [9.17, 15) is 4.79 Å². The van der Waals surface area contributed by atoms with Crippen LogP contribution in [0.4, 0.5) is 0 Å². The zero-order valence-corrected chi connectivity index (χ0v) is 10.3. The molecule has 0 saturated carbocycles. The van der Waals surface area contributed by atoms with E-state index in [1.165, 1.54) is 13.4 Å². The number of carbonyl (C=O) groups excluding carboxylic acids is 1.